The molecule has 2 N–H and O–H groups in total. The lowest BCUT2D eigenvalue weighted by Crippen LogP contribution is -2.35. The summed E-state index contributed by atoms with van der Waals surface area (Å²) in [6.07, 6.45) is 3.45. The van der Waals surface area contributed by atoms with Crippen molar-refractivity contribution < 1.29 is 17.9 Å². The van der Waals surface area contributed by atoms with Gasteiger partial charge < -0.3 is 14.8 Å². The summed E-state index contributed by atoms with van der Waals surface area (Å²) < 4.78 is 37.3. The SMILES string of the molecule is CCCNc1ccncc1S(=O)(=O)NCC(COC)OC. The topological polar surface area (TPSA) is 89.6 Å². The van der Waals surface area contributed by atoms with Crippen LogP contribution in [0.25, 0.3) is 0 Å². The molecular weight excluding hydrogens is 294 g/mol. The quantitative estimate of drug-likeness (QED) is 0.665. The number of anilines is 1. The van der Waals surface area contributed by atoms with E-state index in [1.165, 1.54) is 20.4 Å². The van der Waals surface area contributed by atoms with Crippen molar-refractivity contribution in [1.82, 2.24) is 9.71 Å². The second-order valence-electron chi connectivity index (χ2n) is 4.46. The number of aromatic nitrogens is 1. The molecule has 0 aromatic carbocycles. The molecule has 8 heteroatoms. The van der Waals surface area contributed by atoms with Crippen LogP contribution in [-0.4, -0.2) is 53.4 Å². The van der Waals surface area contributed by atoms with Crippen molar-refractivity contribution in [1.29, 1.82) is 0 Å². The van der Waals surface area contributed by atoms with Crippen LogP contribution < -0.4 is 10.0 Å². The summed E-state index contributed by atoms with van der Waals surface area (Å²) in [6.45, 7) is 3.15. The van der Waals surface area contributed by atoms with Crippen molar-refractivity contribution in [3.8, 4) is 0 Å². The third-order valence-corrected chi connectivity index (χ3v) is 4.28. The van der Waals surface area contributed by atoms with Gasteiger partial charge in [0.2, 0.25) is 10.0 Å². The Morgan fingerprint density at radius 2 is 2.14 bits per heavy atom. The maximum absolute atomic E-state index is 12.4. The first kappa shape index (κ1) is 17.8. The minimum Gasteiger partial charge on any atom is -0.384 e. The highest BCUT2D eigenvalue weighted by Crippen LogP contribution is 2.19. The highest BCUT2D eigenvalue weighted by molar-refractivity contribution is 7.89. The average molecular weight is 317 g/mol. The largest absolute Gasteiger partial charge is 0.384 e. The second kappa shape index (κ2) is 8.93. The van der Waals surface area contributed by atoms with Gasteiger partial charge >= 0.3 is 0 Å². The third kappa shape index (κ3) is 5.58. The fraction of sp³-hybridized carbons (Fsp3) is 0.615. The number of sulfonamides is 1. The van der Waals surface area contributed by atoms with Crippen molar-refractivity contribution in [2.45, 2.75) is 24.3 Å². The molecule has 1 aromatic rings. The standard InChI is InChI=1S/C13H23N3O4S/c1-4-6-15-12-5-7-14-9-13(12)21(17,18)16-8-11(20-3)10-19-2/h5,7,9,11,16H,4,6,8,10H2,1-3H3,(H,14,15). The van der Waals surface area contributed by atoms with Gasteiger partial charge in [0.25, 0.3) is 0 Å². The van der Waals surface area contributed by atoms with Gasteiger partial charge in [0.15, 0.2) is 0 Å². The van der Waals surface area contributed by atoms with Crippen molar-refractivity contribution >= 4 is 15.7 Å². The van der Waals surface area contributed by atoms with Crippen LogP contribution in [0.15, 0.2) is 23.4 Å². The van der Waals surface area contributed by atoms with Crippen LogP contribution in [-0.2, 0) is 19.5 Å². The first-order chi connectivity index (χ1) is 10.0. The minimum atomic E-state index is -3.66. The van der Waals surface area contributed by atoms with Gasteiger partial charge in [0.1, 0.15) is 4.90 Å². The molecule has 1 rings (SSSR count). The number of pyridine rings is 1. The lowest BCUT2D eigenvalue weighted by molar-refractivity contribution is 0.0320. The molecule has 0 spiro atoms. The number of nitrogens with zero attached hydrogens (tertiary/aromatic N) is 1. The van der Waals surface area contributed by atoms with E-state index in [2.05, 4.69) is 15.0 Å². The highest BCUT2D eigenvalue weighted by atomic mass is 32.2. The number of rotatable bonds is 10. The summed E-state index contributed by atoms with van der Waals surface area (Å²) >= 11 is 0. The summed E-state index contributed by atoms with van der Waals surface area (Å²) in [5.74, 6) is 0. The number of hydrogen-bond acceptors (Lipinski definition) is 6. The van der Waals surface area contributed by atoms with Crippen LogP contribution >= 0.6 is 0 Å². The van der Waals surface area contributed by atoms with Crippen LogP contribution in [0.3, 0.4) is 0 Å². The summed E-state index contributed by atoms with van der Waals surface area (Å²) in [5.41, 5.74) is 0.542. The normalized spacial score (nSPS) is 13.1. The van der Waals surface area contributed by atoms with E-state index in [0.717, 1.165) is 6.42 Å². The predicted octanol–water partition coefficient (Wildman–Crippen LogP) is 0.843. The molecule has 0 bridgehead atoms. The van der Waals surface area contributed by atoms with Crippen LogP contribution in [0.5, 0.6) is 0 Å². The van der Waals surface area contributed by atoms with Crippen molar-refractivity contribution in [2.75, 3.05) is 39.2 Å². The Morgan fingerprint density at radius 3 is 2.76 bits per heavy atom. The maximum Gasteiger partial charge on any atom is 0.244 e. The summed E-state index contributed by atoms with van der Waals surface area (Å²) in [6, 6.07) is 1.65. The van der Waals surface area contributed by atoms with Gasteiger partial charge in [0, 0.05) is 39.7 Å². The summed E-state index contributed by atoms with van der Waals surface area (Å²) in [7, 11) is -0.609. The van der Waals surface area contributed by atoms with Crippen LogP contribution in [0.4, 0.5) is 5.69 Å². The number of nitrogens with one attached hydrogen (secondary N) is 2. The zero-order chi connectivity index (χ0) is 15.7. The average Bonchev–Trinajstić information content (AvgIpc) is 2.49. The molecule has 120 valence electrons. The lowest BCUT2D eigenvalue weighted by Gasteiger charge is -2.16. The Hall–Kier alpha value is -1.22. The number of methoxy groups -OCH3 is 2. The monoisotopic (exact) mass is 317 g/mol. The highest BCUT2D eigenvalue weighted by Gasteiger charge is 2.20. The molecule has 0 saturated heterocycles. The molecule has 0 saturated carbocycles. The van der Waals surface area contributed by atoms with Gasteiger partial charge in [-0.3, -0.25) is 4.98 Å². The Bertz CT molecular complexity index is 522. The smallest absolute Gasteiger partial charge is 0.244 e. The molecule has 1 aromatic heterocycles. The fourth-order valence-electron chi connectivity index (χ4n) is 1.68. The van der Waals surface area contributed by atoms with E-state index in [-0.39, 0.29) is 17.5 Å². The summed E-state index contributed by atoms with van der Waals surface area (Å²) in [4.78, 5) is 4.02. The molecule has 0 radical (unpaired) electrons. The molecule has 0 aliphatic rings. The fourth-order valence-corrected chi connectivity index (χ4v) is 2.87. The van der Waals surface area contributed by atoms with Gasteiger partial charge in [0.05, 0.1) is 18.4 Å². The van der Waals surface area contributed by atoms with Gasteiger partial charge in [-0.25, -0.2) is 13.1 Å². The van der Waals surface area contributed by atoms with Crippen molar-refractivity contribution in [3.63, 3.8) is 0 Å². The molecule has 0 fully saturated rings. The van der Waals surface area contributed by atoms with Crippen LogP contribution in [0.1, 0.15) is 13.3 Å². The van der Waals surface area contributed by atoms with Gasteiger partial charge in [-0.05, 0) is 12.5 Å². The van der Waals surface area contributed by atoms with Crippen molar-refractivity contribution in [2.24, 2.45) is 0 Å². The van der Waals surface area contributed by atoms with Crippen LogP contribution in [0, 0.1) is 0 Å². The Labute approximate surface area is 126 Å². The molecule has 1 heterocycles. The van der Waals surface area contributed by atoms with Gasteiger partial charge in [-0.1, -0.05) is 6.92 Å². The van der Waals surface area contributed by atoms with Gasteiger partial charge in [-0.15, -0.1) is 0 Å². The molecule has 1 atom stereocenters. The third-order valence-electron chi connectivity index (χ3n) is 2.83. The zero-order valence-electron chi connectivity index (χ0n) is 12.6. The number of hydrogen-bond donors (Lipinski definition) is 2. The molecule has 0 amide bonds. The van der Waals surface area contributed by atoms with E-state index in [1.54, 1.807) is 12.3 Å². The zero-order valence-corrected chi connectivity index (χ0v) is 13.4. The van der Waals surface area contributed by atoms with E-state index in [9.17, 15) is 8.42 Å². The number of ether oxygens (including phenoxy) is 2. The van der Waals surface area contributed by atoms with Crippen molar-refractivity contribution in [3.05, 3.63) is 18.5 Å². The predicted molar refractivity (Wildman–Crippen MR) is 80.9 cm³/mol. The Kier molecular flexibility index (Phi) is 7.58. The Balaban J connectivity index is 2.82. The second-order valence-corrected chi connectivity index (χ2v) is 6.20. The first-order valence-electron chi connectivity index (χ1n) is 6.74. The van der Waals surface area contributed by atoms with E-state index >= 15 is 0 Å². The van der Waals surface area contributed by atoms with E-state index in [0.29, 0.717) is 18.8 Å². The molecule has 0 aliphatic heterocycles. The lowest BCUT2D eigenvalue weighted by atomic mass is 10.4. The maximum atomic E-state index is 12.4. The van der Waals surface area contributed by atoms with E-state index in [4.69, 9.17) is 9.47 Å². The first-order valence-corrected chi connectivity index (χ1v) is 8.22. The summed E-state index contributed by atoms with van der Waals surface area (Å²) in [5, 5.41) is 3.08. The van der Waals surface area contributed by atoms with E-state index in [1.807, 2.05) is 6.92 Å². The molecule has 7 nitrogen and oxygen atoms in total. The molecular formula is C13H23N3O4S. The molecule has 0 aliphatic carbocycles. The molecule has 1 unspecified atom stereocenters. The Morgan fingerprint density at radius 1 is 1.38 bits per heavy atom. The minimum absolute atomic E-state index is 0.130. The van der Waals surface area contributed by atoms with E-state index < -0.39 is 10.0 Å². The van der Waals surface area contributed by atoms with Gasteiger partial charge in [-0.2, -0.15) is 0 Å². The molecule has 21 heavy (non-hydrogen) atoms. The van der Waals surface area contributed by atoms with Crippen LogP contribution in [0.2, 0.25) is 0 Å².